The molecule has 6 rings (SSSR count). The Bertz CT molecular complexity index is 2730. The predicted molar refractivity (Wildman–Crippen MR) is 246 cm³/mol. The van der Waals surface area contributed by atoms with Gasteiger partial charge >= 0.3 is 0 Å². The summed E-state index contributed by atoms with van der Waals surface area (Å²) < 4.78 is 33.5. The Morgan fingerprint density at radius 1 is 0.896 bits per heavy atom. The number of rotatable bonds is 22. The van der Waals surface area contributed by atoms with E-state index in [0.29, 0.717) is 53.1 Å². The molecule has 23 nitrogen and oxygen atoms in total. The molecule has 1 aliphatic heterocycles. The first-order chi connectivity index (χ1) is 32.1. The van der Waals surface area contributed by atoms with Crippen LogP contribution in [0.25, 0.3) is 22.1 Å². The smallest absolute Gasteiger partial charge is 0.276 e. The topological polar surface area (TPSA) is 323 Å². The molecule has 67 heavy (non-hydrogen) atoms. The number of anilines is 2. The highest BCUT2D eigenvalue weighted by atomic mass is 16.7. The Balaban J connectivity index is 1.36. The van der Waals surface area contributed by atoms with Gasteiger partial charge in [0, 0.05) is 56.5 Å². The quantitative estimate of drug-likeness (QED) is 0.0296. The third kappa shape index (κ3) is 11.1. The number of aryl methyl sites for hydroxylation is 2. The van der Waals surface area contributed by atoms with Gasteiger partial charge in [-0.3, -0.25) is 39.5 Å². The van der Waals surface area contributed by atoms with Crippen LogP contribution in [0.2, 0.25) is 0 Å². The maximum absolute atomic E-state index is 13.8. The zero-order valence-corrected chi connectivity index (χ0v) is 38.0. The van der Waals surface area contributed by atoms with Crippen molar-refractivity contribution in [1.82, 2.24) is 28.9 Å². The minimum atomic E-state index is -1.12. The van der Waals surface area contributed by atoms with Crippen LogP contribution in [0.5, 0.6) is 11.5 Å². The molecule has 0 saturated carbocycles. The number of ether oxygens (including phenoxy) is 5. The van der Waals surface area contributed by atoms with Gasteiger partial charge in [-0.1, -0.05) is 12.2 Å². The summed E-state index contributed by atoms with van der Waals surface area (Å²) >= 11 is 0. The summed E-state index contributed by atoms with van der Waals surface area (Å²) in [4.78, 5) is 65.9. The fourth-order valence-electron chi connectivity index (χ4n) is 7.47. The number of benzene rings is 2. The molecule has 0 spiro atoms. The average Bonchev–Trinajstić information content (AvgIpc) is 4.04. The summed E-state index contributed by atoms with van der Waals surface area (Å²) in [5.41, 5.74) is 20.3. The molecule has 358 valence electrons. The van der Waals surface area contributed by atoms with E-state index in [2.05, 4.69) is 25.7 Å². The molecule has 4 heterocycles. The number of primary amides is 2. The van der Waals surface area contributed by atoms with E-state index in [1.165, 1.54) is 44.6 Å². The Morgan fingerprint density at radius 2 is 1.51 bits per heavy atom. The minimum absolute atomic E-state index is 0.0621. The van der Waals surface area contributed by atoms with E-state index in [1.54, 1.807) is 52.8 Å². The van der Waals surface area contributed by atoms with Crippen LogP contribution in [0.15, 0.2) is 59.2 Å². The highest BCUT2D eigenvalue weighted by Crippen LogP contribution is 2.33. The van der Waals surface area contributed by atoms with Crippen molar-refractivity contribution in [3.8, 4) is 11.5 Å². The number of nitrogens with two attached hydrogens (primary N) is 3. The molecule has 5 aromatic rings. The molecule has 10 N–H and O–H groups in total. The molecule has 23 heteroatoms. The van der Waals surface area contributed by atoms with Gasteiger partial charge in [0.25, 0.3) is 11.8 Å². The van der Waals surface area contributed by atoms with Gasteiger partial charge in [-0.2, -0.15) is 5.10 Å². The average molecular weight is 929 g/mol. The number of carbonyl (C=O) groups excluding carboxylic acids is 4. The maximum atomic E-state index is 13.8. The second-order valence-corrected chi connectivity index (χ2v) is 15.3. The lowest BCUT2D eigenvalue weighted by atomic mass is 10.1. The Kier molecular flexibility index (Phi) is 16.1. The molecule has 0 radical (unpaired) electrons. The molecule has 1 fully saturated rings. The highest BCUT2D eigenvalue weighted by molar-refractivity contribution is 6.47. The molecule has 1 aliphatic rings. The lowest BCUT2D eigenvalue weighted by Crippen LogP contribution is -2.37. The second-order valence-electron chi connectivity index (χ2n) is 15.3. The highest BCUT2D eigenvalue weighted by Gasteiger charge is 2.44. The number of aromatic nitrogens is 6. The number of aliphatic hydroxyl groups is 2. The van der Waals surface area contributed by atoms with Crippen molar-refractivity contribution < 1.29 is 53.1 Å². The van der Waals surface area contributed by atoms with Crippen LogP contribution >= 0.6 is 0 Å². The van der Waals surface area contributed by atoms with Crippen molar-refractivity contribution in [2.75, 3.05) is 51.2 Å². The van der Waals surface area contributed by atoms with Gasteiger partial charge in [0.15, 0.2) is 6.29 Å². The van der Waals surface area contributed by atoms with Crippen molar-refractivity contribution in [1.29, 1.82) is 0 Å². The third-order valence-electron chi connectivity index (χ3n) is 10.5. The molecule has 4 atom stereocenters. The Labute approximate surface area is 384 Å². The van der Waals surface area contributed by atoms with Gasteiger partial charge in [0.2, 0.25) is 23.7 Å². The van der Waals surface area contributed by atoms with Gasteiger partial charge in [0.1, 0.15) is 52.2 Å². The molecule has 2 aromatic carbocycles. The van der Waals surface area contributed by atoms with E-state index >= 15 is 0 Å². The zero-order chi connectivity index (χ0) is 48.5. The number of allylic oxidation sites excluding steroid dienone is 3. The summed E-state index contributed by atoms with van der Waals surface area (Å²) in [6.45, 7) is 7.68. The number of aliphatic imine (C=N–C) groups is 1. The van der Waals surface area contributed by atoms with Crippen molar-refractivity contribution in [2.24, 2.45) is 22.2 Å². The fraction of sp³-hybridized carbons (Fsp3) is 0.409. The van der Waals surface area contributed by atoms with Gasteiger partial charge in [-0.05, 0) is 64.1 Å². The third-order valence-corrected chi connectivity index (χ3v) is 10.5. The summed E-state index contributed by atoms with van der Waals surface area (Å²) in [5, 5.41) is 30.2. The van der Waals surface area contributed by atoms with Crippen LogP contribution in [-0.4, -0.2) is 134 Å². The number of methoxy groups -OCH3 is 2. The van der Waals surface area contributed by atoms with Crippen LogP contribution in [0.1, 0.15) is 64.1 Å². The molecule has 3 aromatic heterocycles. The predicted octanol–water partition coefficient (Wildman–Crippen LogP) is 1.77. The van der Waals surface area contributed by atoms with Gasteiger partial charge < -0.3 is 60.2 Å². The first kappa shape index (κ1) is 49.3. The van der Waals surface area contributed by atoms with Crippen molar-refractivity contribution >= 4 is 63.3 Å². The minimum Gasteiger partial charge on any atom is -0.494 e. The van der Waals surface area contributed by atoms with Crippen LogP contribution in [-0.2, 0) is 38.6 Å². The molecule has 1 saturated heterocycles. The number of nitrogens with zero attached hydrogens (tertiary/aromatic N) is 7. The lowest BCUT2D eigenvalue weighted by Gasteiger charge is -2.20. The number of carbonyl (C=O) groups is 4. The SMILES string of the molecule is CCN=C(C=C(C)N)C(=O)Nc1nc2cc(C(N)=O)cc(OC)c2n1C/C=C/Cn1c(NC(=O)c2cc(C)nn2CC)nc2cc(C(N)=O)cc(OCCCO[C@H]3[C@H](OC)O[C@H](CO)[C@H]3O)c21. The largest absolute Gasteiger partial charge is 0.494 e. The van der Waals surface area contributed by atoms with E-state index < -0.39 is 54.8 Å². The Hall–Kier alpha value is -7.18. The molecule has 0 unspecified atom stereocenters. The first-order valence-electron chi connectivity index (χ1n) is 21.4. The number of fused-ring (bicyclic) bond motifs is 2. The van der Waals surface area contributed by atoms with E-state index in [4.69, 9.17) is 45.9 Å². The van der Waals surface area contributed by atoms with E-state index in [1.807, 2.05) is 6.92 Å². The van der Waals surface area contributed by atoms with Crippen LogP contribution in [0.4, 0.5) is 11.9 Å². The van der Waals surface area contributed by atoms with Crippen LogP contribution in [0, 0.1) is 6.92 Å². The number of amides is 4. The lowest BCUT2D eigenvalue weighted by molar-refractivity contribution is -0.165. The monoisotopic (exact) mass is 928 g/mol. The van der Waals surface area contributed by atoms with Gasteiger partial charge in [0.05, 0.1) is 43.7 Å². The number of imidazole rings is 2. The zero-order valence-electron chi connectivity index (χ0n) is 38.0. The number of nitrogens with one attached hydrogen (secondary N) is 2. The van der Waals surface area contributed by atoms with Crippen molar-refractivity contribution in [3.63, 3.8) is 0 Å². The maximum Gasteiger partial charge on any atom is 0.276 e. The molecule has 0 aliphatic carbocycles. The summed E-state index contributed by atoms with van der Waals surface area (Å²) in [6.07, 6.45) is 1.58. The normalized spacial score (nSPS) is 17.7. The van der Waals surface area contributed by atoms with Crippen LogP contribution in [0.3, 0.4) is 0 Å². The van der Waals surface area contributed by atoms with Gasteiger partial charge in [-0.15, -0.1) is 0 Å². The standard InChI is InChI=1S/C44H56N12O11/c1-7-48-29(16-23(3)45)40(61)51-43-49-27-18-25(38(46)59)20-31(63-5)34(27)54(43)12-9-10-13-55-35-28(50-44(55)52-41(62)30-17-24(4)53-56(30)8-2)19-26(39(47)60)21-32(35)65-14-11-15-66-37-36(58)33(22-57)67-42(37)64-6/h9-10,16-21,33,36-37,42,57-58H,7-8,11-15,22,45H2,1-6H3,(H2,46,59)(H2,47,60)(H,49,51,61)(H,50,52,62)/b10-9+,23-16?,48-29?/t33-,36-,37-,42-/m1/s1. The molecular weight excluding hydrogens is 873 g/mol. The summed E-state index contributed by atoms with van der Waals surface area (Å²) in [6, 6.07) is 7.59. The van der Waals surface area contributed by atoms with E-state index in [0.717, 1.165) is 0 Å². The van der Waals surface area contributed by atoms with Gasteiger partial charge in [-0.25, -0.2) is 9.97 Å². The van der Waals surface area contributed by atoms with Crippen molar-refractivity contribution in [2.45, 2.75) is 78.4 Å². The van der Waals surface area contributed by atoms with E-state index in [9.17, 15) is 29.4 Å². The Morgan fingerprint density at radius 3 is 2.06 bits per heavy atom. The van der Waals surface area contributed by atoms with Crippen LogP contribution < -0.4 is 37.3 Å². The first-order valence-corrected chi connectivity index (χ1v) is 21.4. The number of aliphatic hydroxyl groups excluding tert-OH is 2. The molecule has 4 amide bonds. The van der Waals surface area contributed by atoms with E-state index in [-0.39, 0.29) is 72.1 Å². The molecule has 0 bridgehead atoms. The van der Waals surface area contributed by atoms with Crippen molar-refractivity contribution in [3.05, 3.63) is 76.8 Å². The summed E-state index contributed by atoms with van der Waals surface area (Å²) in [7, 11) is 2.83. The summed E-state index contributed by atoms with van der Waals surface area (Å²) in [5.74, 6) is -1.85. The second kappa shape index (κ2) is 21.9. The molecular formula is C44H56N12O11. The number of hydrogen-bond donors (Lipinski definition) is 7. The number of hydrogen-bond acceptors (Lipinski definition) is 16. The fourth-order valence-corrected chi connectivity index (χ4v) is 7.47.